The first-order valence-electron chi connectivity index (χ1n) is 4.99. The van der Waals surface area contributed by atoms with Crippen molar-refractivity contribution in [2.24, 2.45) is 5.92 Å². The third kappa shape index (κ3) is 3.63. The van der Waals surface area contributed by atoms with Crippen molar-refractivity contribution in [2.45, 2.75) is 19.8 Å². The van der Waals surface area contributed by atoms with Gasteiger partial charge in [0.05, 0.1) is 6.07 Å². The maximum atomic E-state index is 11.6. The summed E-state index contributed by atoms with van der Waals surface area (Å²) in [6.07, 6.45) is 2.97. The second-order valence-electron chi connectivity index (χ2n) is 3.32. The van der Waals surface area contributed by atoms with Crippen molar-refractivity contribution in [3.63, 3.8) is 0 Å². The van der Waals surface area contributed by atoms with Crippen LogP contribution in [-0.4, -0.2) is 10.9 Å². The average Bonchev–Trinajstić information content (AvgIpc) is 2.29. The van der Waals surface area contributed by atoms with Gasteiger partial charge in [-0.3, -0.25) is 4.79 Å². The predicted octanol–water partition coefficient (Wildman–Crippen LogP) is 2.72. The van der Waals surface area contributed by atoms with E-state index < -0.39 is 5.92 Å². The molecule has 1 aromatic heterocycles. The predicted molar refractivity (Wildman–Crippen MR) is 64.6 cm³/mol. The van der Waals surface area contributed by atoms with Crippen LogP contribution in [0.5, 0.6) is 0 Å². The van der Waals surface area contributed by atoms with E-state index in [2.05, 4.69) is 26.2 Å². The van der Waals surface area contributed by atoms with Gasteiger partial charge in [-0.05, 0) is 34.5 Å². The monoisotopic (exact) mass is 281 g/mol. The van der Waals surface area contributed by atoms with Crippen molar-refractivity contribution in [3.05, 3.63) is 22.8 Å². The number of aromatic nitrogens is 1. The lowest BCUT2D eigenvalue weighted by Crippen LogP contribution is -2.21. The van der Waals surface area contributed by atoms with Crippen LogP contribution >= 0.6 is 15.9 Å². The summed E-state index contributed by atoms with van der Waals surface area (Å²) < 4.78 is 0.843. The number of hydrogen-bond donors (Lipinski definition) is 1. The highest BCUT2D eigenvalue weighted by molar-refractivity contribution is 9.10. The Morgan fingerprint density at radius 1 is 1.69 bits per heavy atom. The number of amides is 1. The molecule has 0 aliphatic heterocycles. The summed E-state index contributed by atoms with van der Waals surface area (Å²) in [5.41, 5.74) is 0. The molecule has 1 amide bonds. The first-order valence-corrected chi connectivity index (χ1v) is 5.78. The number of anilines is 1. The van der Waals surface area contributed by atoms with Gasteiger partial charge >= 0.3 is 0 Å². The first-order chi connectivity index (χ1) is 7.67. The number of nitrogens with zero attached hydrogens (tertiary/aromatic N) is 2. The zero-order valence-corrected chi connectivity index (χ0v) is 10.5. The molecule has 0 aliphatic rings. The van der Waals surface area contributed by atoms with E-state index in [1.54, 1.807) is 18.3 Å². The minimum atomic E-state index is -0.601. The number of carbonyl (C=O) groups is 1. The van der Waals surface area contributed by atoms with Crippen LogP contribution < -0.4 is 5.32 Å². The van der Waals surface area contributed by atoms with Crippen molar-refractivity contribution in [2.75, 3.05) is 5.32 Å². The second kappa shape index (κ2) is 6.23. The van der Waals surface area contributed by atoms with Gasteiger partial charge in [-0.2, -0.15) is 5.26 Å². The Hall–Kier alpha value is -1.41. The number of nitrogens with one attached hydrogen (secondary N) is 1. The fourth-order valence-corrected chi connectivity index (χ4v) is 1.44. The van der Waals surface area contributed by atoms with Gasteiger partial charge in [-0.1, -0.05) is 13.3 Å². The summed E-state index contributed by atoms with van der Waals surface area (Å²) >= 11 is 3.25. The Morgan fingerprint density at radius 3 is 2.94 bits per heavy atom. The SMILES string of the molecule is CCCC(C#N)C(=O)Nc1ccc(Br)cn1. The van der Waals surface area contributed by atoms with Gasteiger partial charge in [0.15, 0.2) is 0 Å². The Bertz CT molecular complexity index is 397. The molecule has 1 rings (SSSR count). The van der Waals surface area contributed by atoms with Crippen molar-refractivity contribution in [1.29, 1.82) is 5.26 Å². The molecule has 1 atom stereocenters. The van der Waals surface area contributed by atoms with Crippen molar-refractivity contribution < 1.29 is 4.79 Å². The number of halogens is 1. The minimum absolute atomic E-state index is 0.292. The molecular weight excluding hydrogens is 270 g/mol. The van der Waals surface area contributed by atoms with E-state index in [4.69, 9.17) is 5.26 Å². The lowest BCUT2D eigenvalue weighted by Gasteiger charge is -2.08. The normalized spacial score (nSPS) is 11.6. The van der Waals surface area contributed by atoms with Crippen LogP contribution in [0, 0.1) is 17.2 Å². The summed E-state index contributed by atoms with van der Waals surface area (Å²) in [6.45, 7) is 1.94. The topological polar surface area (TPSA) is 65.8 Å². The number of hydrogen-bond acceptors (Lipinski definition) is 3. The molecule has 0 aliphatic carbocycles. The Labute approximate surface area is 103 Å². The Morgan fingerprint density at radius 2 is 2.44 bits per heavy atom. The zero-order chi connectivity index (χ0) is 12.0. The highest BCUT2D eigenvalue weighted by Crippen LogP contribution is 2.12. The highest BCUT2D eigenvalue weighted by Gasteiger charge is 2.16. The van der Waals surface area contributed by atoms with Crippen molar-refractivity contribution in [1.82, 2.24) is 4.98 Å². The minimum Gasteiger partial charge on any atom is -0.310 e. The van der Waals surface area contributed by atoms with Gasteiger partial charge in [0.2, 0.25) is 5.91 Å². The van der Waals surface area contributed by atoms with E-state index in [0.717, 1.165) is 10.9 Å². The first kappa shape index (κ1) is 12.7. The molecule has 0 radical (unpaired) electrons. The van der Waals surface area contributed by atoms with Crippen LogP contribution in [-0.2, 0) is 4.79 Å². The molecular formula is C11H12BrN3O. The second-order valence-corrected chi connectivity index (χ2v) is 4.24. The van der Waals surface area contributed by atoms with Crippen LogP contribution in [0.2, 0.25) is 0 Å². The van der Waals surface area contributed by atoms with E-state index in [-0.39, 0.29) is 5.91 Å². The van der Waals surface area contributed by atoms with E-state index in [1.807, 2.05) is 13.0 Å². The van der Waals surface area contributed by atoms with Crippen LogP contribution in [0.15, 0.2) is 22.8 Å². The van der Waals surface area contributed by atoms with E-state index >= 15 is 0 Å². The molecule has 1 aromatic rings. The van der Waals surface area contributed by atoms with Crippen LogP contribution in [0.1, 0.15) is 19.8 Å². The summed E-state index contributed by atoms with van der Waals surface area (Å²) in [6, 6.07) is 5.45. The number of pyridine rings is 1. The summed E-state index contributed by atoms with van der Waals surface area (Å²) in [5, 5.41) is 11.4. The smallest absolute Gasteiger partial charge is 0.242 e. The largest absolute Gasteiger partial charge is 0.310 e. The number of carbonyl (C=O) groups excluding carboxylic acids is 1. The molecule has 0 saturated heterocycles. The Kier molecular flexibility index (Phi) is 4.93. The van der Waals surface area contributed by atoms with Gasteiger partial charge in [0.1, 0.15) is 11.7 Å². The van der Waals surface area contributed by atoms with E-state index in [1.165, 1.54) is 0 Å². The highest BCUT2D eigenvalue weighted by atomic mass is 79.9. The van der Waals surface area contributed by atoms with Crippen LogP contribution in [0.4, 0.5) is 5.82 Å². The van der Waals surface area contributed by atoms with Gasteiger partial charge in [0.25, 0.3) is 0 Å². The quantitative estimate of drug-likeness (QED) is 0.923. The summed E-state index contributed by atoms with van der Waals surface area (Å²) in [5.74, 6) is -0.431. The molecule has 0 aromatic carbocycles. The number of nitriles is 1. The van der Waals surface area contributed by atoms with E-state index in [9.17, 15) is 4.79 Å². The Balaban J connectivity index is 2.63. The molecule has 1 N–H and O–H groups in total. The maximum absolute atomic E-state index is 11.6. The lowest BCUT2D eigenvalue weighted by atomic mass is 10.1. The molecule has 0 spiro atoms. The average molecular weight is 282 g/mol. The third-order valence-electron chi connectivity index (χ3n) is 2.03. The molecule has 1 heterocycles. The fraction of sp³-hybridized carbons (Fsp3) is 0.364. The summed E-state index contributed by atoms with van der Waals surface area (Å²) in [4.78, 5) is 15.6. The molecule has 4 nitrogen and oxygen atoms in total. The summed E-state index contributed by atoms with van der Waals surface area (Å²) in [7, 11) is 0. The maximum Gasteiger partial charge on any atom is 0.242 e. The molecule has 0 saturated carbocycles. The molecule has 1 unspecified atom stereocenters. The van der Waals surface area contributed by atoms with Crippen LogP contribution in [0.25, 0.3) is 0 Å². The molecule has 16 heavy (non-hydrogen) atoms. The van der Waals surface area contributed by atoms with Gasteiger partial charge in [0, 0.05) is 10.7 Å². The van der Waals surface area contributed by atoms with Gasteiger partial charge in [-0.15, -0.1) is 0 Å². The lowest BCUT2D eigenvalue weighted by molar-refractivity contribution is -0.118. The standard InChI is InChI=1S/C11H12BrN3O/c1-2-3-8(6-13)11(16)15-10-5-4-9(12)7-14-10/h4-5,7-8H,2-3H2,1H3,(H,14,15,16). The molecule has 5 heteroatoms. The van der Waals surface area contributed by atoms with Crippen molar-refractivity contribution >= 4 is 27.7 Å². The molecule has 0 bridgehead atoms. The third-order valence-corrected chi connectivity index (χ3v) is 2.50. The van der Waals surface area contributed by atoms with Gasteiger partial charge < -0.3 is 5.32 Å². The van der Waals surface area contributed by atoms with Crippen LogP contribution in [0.3, 0.4) is 0 Å². The molecule has 84 valence electrons. The van der Waals surface area contributed by atoms with Gasteiger partial charge in [-0.25, -0.2) is 4.98 Å². The molecule has 0 fully saturated rings. The number of rotatable bonds is 4. The van der Waals surface area contributed by atoms with E-state index in [0.29, 0.717) is 12.2 Å². The fourth-order valence-electron chi connectivity index (χ4n) is 1.21. The van der Waals surface area contributed by atoms with Crippen molar-refractivity contribution in [3.8, 4) is 6.07 Å². The zero-order valence-electron chi connectivity index (χ0n) is 8.90.